The van der Waals surface area contributed by atoms with Crippen LogP contribution in [-0.2, 0) is 9.09 Å². The summed E-state index contributed by atoms with van der Waals surface area (Å²) in [7, 11) is -4.62. The van der Waals surface area contributed by atoms with Crippen LogP contribution in [0, 0.1) is 0 Å². The lowest BCUT2D eigenvalue weighted by Gasteiger charge is -2.19. The normalized spacial score (nSPS) is 14.9. The van der Waals surface area contributed by atoms with Gasteiger partial charge in [-0.3, -0.25) is 4.52 Å². The monoisotopic (exact) mass is 379 g/mol. The maximum absolute atomic E-state index is 10.9. The molecule has 0 bridgehead atoms. The van der Waals surface area contributed by atoms with Gasteiger partial charge >= 0.3 is 7.82 Å². The first-order chi connectivity index (χ1) is 11.9. The highest BCUT2D eigenvalue weighted by Gasteiger charge is 2.24. The summed E-state index contributed by atoms with van der Waals surface area (Å²) >= 11 is 0. The average Bonchev–Trinajstić information content (AvgIpc) is 2.56. The van der Waals surface area contributed by atoms with Crippen LogP contribution in [0.4, 0.5) is 0 Å². The number of phosphoric acid groups is 1. The van der Waals surface area contributed by atoms with E-state index < -0.39 is 26.6 Å². The molecule has 0 aromatic heterocycles. The molecule has 0 spiro atoms. The van der Waals surface area contributed by atoms with Crippen molar-refractivity contribution in [3.63, 3.8) is 0 Å². The molecule has 25 heavy (non-hydrogen) atoms. The summed E-state index contributed by atoms with van der Waals surface area (Å²) in [6.07, 6.45) is 17.3. The third kappa shape index (κ3) is 17.0. The number of aliphatic hydroxyl groups excluding tert-OH is 1. The second-order valence-corrected chi connectivity index (χ2v) is 7.85. The molecule has 0 amide bonds. The van der Waals surface area contributed by atoms with E-state index in [9.17, 15) is 4.57 Å². The summed E-state index contributed by atoms with van der Waals surface area (Å²) in [5.74, 6) is 0. The van der Waals surface area contributed by atoms with Crippen molar-refractivity contribution < 1.29 is 24.0 Å². The first-order valence-corrected chi connectivity index (χ1v) is 11.2. The Morgan fingerprint density at radius 3 is 1.88 bits per heavy atom. The van der Waals surface area contributed by atoms with Crippen LogP contribution in [0.3, 0.4) is 0 Å². The van der Waals surface area contributed by atoms with Crippen molar-refractivity contribution in [3.05, 3.63) is 12.2 Å². The Hall–Kier alpha value is -0.230. The summed E-state index contributed by atoms with van der Waals surface area (Å²) in [4.78, 5) is 17.7. The molecule has 0 saturated heterocycles. The molecule has 0 saturated carbocycles. The number of nitrogens with two attached hydrogens (primary N) is 1. The first-order valence-electron chi connectivity index (χ1n) is 9.67. The lowest BCUT2D eigenvalue weighted by Crippen LogP contribution is -2.38. The molecule has 0 aromatic rings. The SMILES string of the molecule is CCCCCCCCCCCCCC=CC(OP(=O)(O)O)C(N)CO. The molecule has 0 aliphatic rings. The lowest BCUT2D eigenvalue weighted by molar-refractivity contribution is 0.119. The highest BCUT2D eigenvalue weighted by atomic mass is 31.2. The van der Waals surface area contributed by atoms with Crippen molar-refractivity contribution in [2.24, 2.45) is 5.73 Å². The van der Waals surface area contributed by atoms with Crippen molar-refractivity contribution in [2.45, 2.75) is 96.1 Å². The van der Waals surface area contributed by atoms with E-state index >= 15 is 0 Å². The van der Waals surface area contributed by atoms with Crippen LogP contribution in [0.2, 0.25) is 0 Å². The van der Waals surface area contributed by atoms with E-state index in [1.165, 1.54) is 63.9 Å². The molecule has 6 nitrogen and oxygen atoms in total. The minimum absolute atomic E-state index is 0.395. The molecule has 0 aliphatic heterocycles. The number of allylic oxidation sites excluding steroid dienone is 1. The zero-order chi connectivity index (χ0) is 19.0. The largest absolute Gasteiger partial charge is 0.470 e. The Labute approximate surface area is 153 Å². The molecule has 150 valence electrons. The Bertz CT molecular complexity index is 372. The van der Waals surface area contributed by atoms with Gasteiger partial charge in [-0.15, -0.1) is 0 Å². The van der Waals surface area contributed by atoms with Crippen LogP contribution in [0.15, 0.2) is 12.2 Å². The van der Waals surface area contributed by atoms with Crippen LogP contribution >= 0.6 is 7.82 Å². The van der Waals surface area contributed by atoms with Gasteiger partial charge in [0, 0.05) is 0 Å². The minimum atomic E-state index is -4.62. The maximum atomic E-state index is 10.9. The second-order valence-electron chi connectivity index (χ2n) is 6.66. The standard InChI is InChI=1S/C18H38NO5P/c1-2-3-4-5-6-7-8-9-10-11-12-13-14-15-18(17(19)16-20)24-25(21,22)23/h14-15,17-18,20H,2-13,16,19H2,1H3,(H2,21,22,23). The molecule has 0 aromatic carbocycles. The smallest absolute Gasteiger partial charge is 0.395 e. The van der Waals surface area contributed by atoms with Gasteiger partial charge in [0.2, 0.25) is 0 Å². The fourth-order valence-electron chi connectivity index (χ4n) is 2.68. The number of rotatable bonds is 17. The predicted octanol–water partition coefficient (Wildman–Crippen LogP) is 4.04. The van der Waals surface area contributed by atoms with E-state index in [1.807, 2.05) is 6.08 Å². The van der Waals surface area contributed by atoms with Gasteiger partial charge in [-0.1, -0.05) is 83.3 Å². The number of hydrogen-bond acceptors (Lipinski definition) is 4. The molecule has 0 rings (SSSR count). The Kier molecular flexibility index (Phi) is 15.8. The topological polar surface area (TPSA) is 113 Å². The zero-order valence-electron chi connectivity index (χ0n) is 15.7. The summed E-state index contributed by atoms with van der Waals surface area (Å²) in [5.41, 5.74) is 5.60. The molecule has 2 unspecified atom stereocenters. The van der Waals surface area contributed by atoms with Crippen molar-refractivity contribution in [1.82, 2.24) is 0 Å². The van der Waals surface area contributed by atoms with Crippen molar-refractivity contribution in [1.29, 1.82) is 0 Å². The summed E-state index contributed by atoms with van der Waals surface area (Å²) in [6.45, 7) is 1.84. The number of phosphoric ester groups is 1. The number of hydrogen-bond donors (Lipinski definition) is 4. The molecule has 7 heteroatoms. The Balaban J connectivity index is 3.67. The van der Waals surface area contributed by atoms with E-state index in [2.05, 4.69) is 11.4 Å². The molecule has 0 heterocycles. The lowest BCUT2D eigenvalue weighted by atomic mass is 10.0. The van der Waals surface area contributed by atoms with E-state index in [0.29, 0.717) is 0 Å². The summed E-state index contributed by atoms with van der Waals surface area (Å²) < 4.78 is 15.5. The van der Waals surface area contributed by atoms with E-state index in [4.69, 9.17) is 20.6 Å². The second kappa shape index (κ2) is 16.0. The van der Waals surface area contributed by atoms with Gasteiger partial charge in [0.05, 0.1) is 12.6 Å². The summed E-state index contributed by atoms with van der Waals surface area (Å²) in [6, 6.07) is -0.846. The fourth-order valence-corrected chi connectivity index (χ4v) is 3.22. The van der Waals surface area contributed by atoms with E-state index in [1.54, 1.807) is 0 Å². The molecular weight excluding hydrogens is 341 g/mol. The highest BCUT2D eigenvalue weighted by molar-refractivity contribution is 7.46. The van der Waals surface area contributed by atoms with Crippen molar-refractivity contribution in [2.75, 3.05) is 6.61 Å². The quantitative estimate of drug-likeness (QED) is 0.172. The van der Waals surface area contributed by atoms with Gasteiger partial charge in [0.15, 0.2) is 0 Å². The van der Waals surface area contributed by atoms with Gasteiger partial charge in [-0.2, -0.15) is 0 Å². The molecule has 0 radical (unpaired) electrons. The highest BCUT2D eigenvalue weighted by Crippen LogP contribution is 2.38. The minimum Gasteiger partial charge on any atom is -0.395 e. The zero-order valence-corrected chi connectivity index (χ0v) is 16.6. The first kappa shape index (κ1) is 24.8. The van der Waals surface area contributed by atoms with Crippen LogP contribution in [0.5, 0.6) is 0 Å². The summed E-state index contributed by atoms with van der Waals surface area (Å²) in [5, 5.41) is 9.01. The Morgan fingerprint density at radius 2 is 1.44 bits per heavy atom. The third-order valence-corrected chi connectivity index (χ3v) is 4.71. The predicted molar refractivity (Wildman–Crippen MR) is 102 cm³/mol. The molecular formula is C18H38NO5P. The molecule has 0 aliphatic carbocycles. The van der Waals surface area contributed by atoms with Gasteiger partial charge in [-0.05, 0) is 12.8 Å². The van der Waals surface area contributed by atoms with Crippen LogP contribution in [0.25, 0.3) is 0 Å². The molecule has 0 fully saturated rings. The molecule has 5 N–H and O–H groups in total. The van der Waals surface area contributed by atoms with Gasteiger partial charge in [-0.25, -0.2) is 4.57 Å². The number of aliphatic hydroxyl groups is 1. The van der Waals surface area contributed by atoms with E-state index in [-0.39, 0.29) is 0 Å². The third-order valence-electron chi connectivity index (χ3n) is 4.19. The number of unbranched alkanes of at least 4 members (excludes halogenated alkanes) is 11. The maximum Gasteiger partial charge on any atom is 0.470 e. The van der Waals surface area contributed by atoms with Crippen LogP contribution in [-0.4, -0.2) is 33.6 Å². The van der Waals surface area contributed by atoms with Gasteiger partial charge in [0.1, 0.15) is 6.10 Å². The fraction of sp³-hybridized carbons (Fsp3) is 0.889. The van der Waals surface area contributed by atoms with Crippen molar-refractivity contribution >= 4 is 7.82 Å². The van der Waals surface area contributed by atoms with Gasteiger partial charge < -0.3 is 20.6 Å². The van der Waals surface area contributed by atoms with Crippen LogP contribution in [0.1, 0.15) is 84.0 Å². The molecule has 2 atom stereocenters. The Morgan fingerprint density at radius 1 is 0.960 bits per heavy atom. The van der Waals surface area contributed by atoms with Gasteiger partial charge in [0.25, 0.3) is 0 Å². The van der Waals surface area contributed by atoms with Crippen molar-refractivity contribution in [3.8, 4) is 0 Å². The van der Waals surface area contributed by atoms with E-state index in [0.717, 1.165) is 19.3 Å². The van der Waals surface area contributed by atoms with Crippen LogP contribution < -0.4 is 5.73 Å². The average molecular weight is 379 g/mol.